The molecule has 0 radical (unpaired) electrons. The standard InChI is InChI=1S/C13H22BrN3S/c1-16(13-3-2-12(14)18-13)10-11-4-7-17(8-5-11)9-6-15/h2-3,11H,4-10,15H2,1H3. The fourth-order valence-corrected chi connectivity index (χ4v) is 3.89. The predicted molar refractivity (Wildman–Crippen MR) is 83.5 cm³/mol. The summed E-state index contributed by atoms with van der Waals surface area (Å²) >= 11 is 5.33. The lowest BCUT2D eigenvalue weighted by atomic mass is 9.96. The fourth-order valence-electron chi connectivity index (χ4n) is 2.56. The van der Waals surface area contributed by atoms with Gasteiger partial charge in [-0.05, 0) is 59.9 Å². The van der Waals surface area contributed by atoms with E-state index in [0.29, 0.717) is 0 Å². The van der Waals surface area contributed by atoms with Gasteiger partial charge in [0.25, 0.3) is 0 Å². The van der Waals surface area contributed by atoms with Crippen LogP contribution in [0.2, 0.25) is 0 Å². The quantitative estimate of drug-likeness (QED) is 0.900. The molecule has 2 rings (SSSR count). The van der Waals surface area contributed by atoms with E-state index in [4.69, 9.17) is 5.73 Å². The van der Waals surface area contributed by atoms with Crippen LogP contribution in [0.3, 0.4) is 0 Å². The molecule has 5 heteroatoms. The summed E-state index contributed by atoms with van der Waals surface area (Å²) < 4.78 is 1.21. The average molecular weight is 332 g/mol. The topological polar surface area (TPSA) is 32.5 Å². The molecule has 1 aromatic heterocycles. The summed E-state index contributed by atoms with van der Waals surface area (Å²) in [5, 5.41) is 1.35. The van der Waals surface area contributed by atoms with Crippen molar-refractivity contribution in [2.24, 2.45) is 11.7 Å². The van der Waals surface area contributed by atoms with Crippen LogP contribution < -0.4 is 10.6 Å². The smallest absolute Gasteiger partial charge is 0.0917 e. The summed E-state index contributed by atoms with van der Waals surface area (Å²) in [5.74, 6) is 0.824. The van der Waals surface area contributed by atoms with E-state index >= 15 is 0 Å². The van der Waals surface area contributed by atoms with Crippen LogP contribution in [0.5, 0.6) is 0 Å². The van der Waals surface area contributed by atoms with Crippen LogP contribution >= 0.6 is 27.3 Å². The van der Waals surface area contributed by atoms with Gasteiger partial charge < -0.3 is 15.5 Å². The molecule has 1 aromatic rings. The number of hydrogen-bond donors (Lipinski definition) is 1. The molecule has 1 saturated heterocycles. The van der Waals surface area contributed by atoms with Crippen molar-refractivity contribution < 1.29 is 0 Å². The number of hydrogen-bond acceptors (Lipinski definition) is 4. The highest BCUT2D eigenvalue weighted by Crippen LogP contribution is 2.30. The summed E-state index contributed by atoms with van der Waals surface area (Å²) in [5.41, 5.74) is 5.60. The lowest BCUT2D eigenvalue weighted by molar-refractivity contribution is 0.191. The molecule has 0 unspecified atom stereocenters. The zero-order chi connectivity index (χ0) is 13.0. The molecular weight excluding hydrogens is 310 g/mol. The van der Waals surface area contributed by atoms with Crippen LogP contribution in [0, 0.1) is 5.92 Å². The second kappa shape index (κ2) is 6.89. The maximum absolute atomic E-state index is 5.60. The van der Waals surface area contributed by atoms with Crippen molar-refractivity contribution in [3.8, 4) is 0 Å². The van der Waals surface area contributed by atoms with Gasteiger partial charge in [-0.25, -0.2) is 0 Å². The first-order chi connectivity index (χ1) is 8.69. The molecule has 2 N–H and O–H groups in total. The third kappa shape index (κ3) is 3.95. The van der Waals surface area contributed by atoms with Crippen LogP contribution in [-0.2, 0) is 0 Å². The van der Waals surface area contributed by atoms with Crippen molar-refractivity contribution >= 4 is 32.3 Å². The van der Waals surface area contributed by atoms with E-state index in [0.717, 1.165) is 19.0 Å². The molecule has 0 bridgehead atoms. The van der Waals surface area contributed by atoms with E-state index in [1.165, 1.54) is 41.3 Å². The number of thiophene rings is 1. The van der Waals surface area contributed by atoms with E-state index in [2.05, 4.69) is 44.9 Å². The molecule has 2 heterocycles. The number of piperidine rings is 1. The Labute approximate surface area is 122 Å². The van der Waals surface area contributed by atoms with Crippen molar-refractivity contribution in [1.29, 1.82) is 0 Å². The van der Waals surface area contributed by atoms with Crippen LogP contribution in [0.15, 0.2) is 15.9 Å². The van der Waals surface area contributed by atoms with Gasteiger partial charge in [0.15, 0.2) is 0 Å². The van der Waals surface area contributed by atoms with Crippen LogP contribution in [0.4, 0.5) is 5.00 Å². The van der Waals surface area contributed by atoms with Gasteiger partial charge in [-0.3, -0.25) is 0 Å². The van der Waals surface area contributed by atoms with Crippen molar-refractivity contribution in [2.75, 3.05) is 44.7 Å². The molecule has 0 aromatic carbocycles. The second-order valence-electron chi connectivity index (χ2n) is 5.03. The molecule has 18 heavy (non-hydrogen) atoms. The third-order valence-electron chi connectivity index (χ3n) is 3.62. The predicted octanol–water partition coefficient (Wildman–Crippen LogP) is 2.62. The van der Waals surface area contributed by atoms with Gasteiger partial charge in [0.05, 0.1) is 8.79 Å². The van der Waals surface area contributed by atoms with Crippen molar-refractivity contribution in [1.82, 2.24) is 4.90 Å². The van der Waals surface area contributed by atoms with E-state index in [1.807, 2.05) is 11.3 Å². The number of likely N-dealkylation sites (tertiary alicyclic amines) is 1. The van der Waals surface area contributed by atoms with Crippen molar-refractivity contribution in [3.63, 3.8) is 0 Å². The van der Waals surface area contributed by atoms with E-state index < -0.39 is 0 Å². The average Bonchev–Trinajstić information content (AvgIpc) is 2.79. The zero-order valence-electron chi connectivity index (χ0n) is 10.9. The van der Waals surface area contributed by atoms with E-state index in [1.54, 1.807) is 0 Å². The first-order valence-corrected chi connectivity index (χ1v) is 8.19. The van der Waals surface area contributed by atoms with Gasteiger partial charge in [-0.15, -0.1) is 11.3 Å². The van der Waals surface area contributed by atoms with Gasteiger partial charge in [0.1, 0.15) is 0 Å². The largest absolute Gasteiger partial charge is 0.366 e. The molecule has 0 spiro atoms. The minimum atomic E-state index is 0.786. The minimum absolute atomic E-state index is 0.786. The van der Waals surface area contributed by atoms with E-state index in [9.17, 15) is 0 Å². The molecule has 1 aliphatic heterocycles. The summed E-state index contributed by atoms with van der Waals surface area (Å²) in [6.45, 7) is 5.44. The first-order valence-electron chi connectivity index (χ1n) is 6.58. The molecule has 0 saturated carbocycles. The first kappa shape index (κ1) is 14.3. The lowest BCUT2D eigenvalue weighted by Crippen LogP contribution is -2.39. The lowest BCUT2D eigenvalue weighted by Gasteiger charge is -2.33. The van der Waals surface area contributed by atoms with Crippen LogP contribution in [0.25, 0.3) is 0 Å². The van der Waals surface area contributed by atoms with Crippen LogP contribution in [0.1, 0.15) is 12.8 Å². The summed E-state index contributed by atoms with van der Waals surface area (Å²) in [7, 11) is 2.20. The Balaban J connectivity index is 1.77. The Kier molecular flexibility index (Phi) is 5.48. The number of halogens is 1. The van der Waals surface area contributed by atoms with Crippen molar-refractivity contribution in [2.45, 2.75) is 12.8 Å². The molecule has 0 aliphatic carbocycles. The number of nitrogens with two attached hydrogens (primary N) is 1. The Bertz CT molecular complexity index is 361. The van der Waals surface area contributed by atoms with E-state index in [-0.39, 0.29) is 0 Å². The van der Waals surface area contributed by atoms with Gasteiger partial charge >= 0.3 is 0 Å². The Hall–Kier alpha value is -0.100. The van der Waals surface area contributed by atoms with Gasteiger partial charge in [0.2, 0.25) is 0 Å². The molecule has 0 atom stereocenters. The highest BCUT2D eigenvalue weighted by atomic mass is 79.9. The number of rotatable bonds is 5. The number of anilines is 1. The molecule has 1 aliphatic rings. The maximum atomic E-state index is 5.60. The highest BCUT2D eigenvalue weighted by Gasteiger charge is 2.20. The van der Waals surface area contributed by atoms with Crippen LogP contribution in [-0.4, -0.2) is 44.7 Å². The summed E-state index contributed by atoms with van der Waals surface area (Å²) in [6, 6.07) is 4.32. The molecule has 1 fully saturated rings. The molecular formula is C13H22BrN3S. The van der Waals surface area contributed by atoms with Crippen molar-refractivity contribution in [3.05, 3.63) is 15.9 Å². The van der Waals surface area contributed by atoms with Gasteiger partial charge in [0, 0.05) is 26.7 Å². The van der Waals surface area contributed by atoms with Gasteiger partial charge in [-0.2, -0.15) is 0 Å². The molecule has 0 amide bonds. The minimum Gasteiger partial charge on any atom is -0.366 e. The number of nitrogens with zero attached hydrogens (tertiary/aromatic N) is 2. The monoisotopic (exact) mass is 331 g/mol. The normalized spacial score (nSPS) is 18.2. The third-order valence-corrected chi connectivity index (χ3v) is 5.36. The Morgan fingerprint density at radius 1 is 1.44 bits per heavy atom. The maximum Gasteiger partial charge on any atom is 0.0917 e. The summed E-state index contributed by atoms with van der Waals surface area (Å²) in [4.78, 5) is 4.87. The fraction of sp³-hybridized carbons (Fsp3) is 0.692. The highest BCUT2D eigenvalue weighted by molar-refractivity contribution is 9.11. The Morgan fingerprint density at radius 2 is 2.17 bits per heavy atom. The summed E-state index contributed by atoms with van der Waals surface area (Å²) in [6.07, 6.45) is 2.60. The zero-order valence-corrected chi connectivity index (χ0v) is 13.3. The Morgan fingerprint density at radius 3 is 2.72 bits per heavy atom. The van der Waals surface area contributed by atoms with Gasteiger partial charge in [-0.1, -0.05) is 0 Å². The molecule has 102 valence electrons. The second-order valence-corrected chi connectivity index (χ2v) is 7.47. The SMILES string of the molecule is CN(CC1CCN(CCN)CC1)c1ccc(Br)s1. The molecule has 3 nitrogen and oxygen atoms in total.